The lowest BCUT2D eigenvalue weighted by Gasteiger charge is -2.13. The normalized spacial score (nSPS) is 16.2. The highest BCUT2D eigenvalue weighted by molar-refractivity contribution is 5.45. The molecule has 6 heteroatoms. The molecule has 0 unspecified atom stereocenters. The van der Waals surface area contributed by atoms with Gasteiger partial charge in [0.1, 0.15) is 5.54 Å². The van der Waals surface area contributed by atoms with Gasteiger partial charge >= 0.3 is 0 Å². The first kappa shape index (κ1) is 11.7. The van der Waals surface area contributed by atoms with Crippen LogP contribution in [0, 0.1) is 17.5 Å². The quantitative estimate of drug-likeness (QED) is 0.464. The molecule has 1 aliphatic rings. The minimum atomic E-state index is -1.33. The lowest BCUT2D eigenvalue weighted by molar-refractivity contribution is 0.366. The summed E-state index contributed by atoms with van der Waals surface area (Å²) in [4.78, 5) is 13.6. The van der Waals surface area contributed by atoms with Crippen molar-refractivity contribution in [2.75, 3.05) is 7.11 Å². The predicted molar refractivity (Wildman–Crippen MR) is 51.9 cm³/mol. The van der Waals surface area contributed by atoms with Crippen LogP contribution in [0.2, 0.25) is 0 Å². The van der Waals surface area contributed by atoms with Crippen LogP contribution in [0.3, 0.4) is 0 Å². The number of nitrogens with zero attached hydrogens (tertiary/aromatic N) is 1. The highest BCUT2D eigenvalue weighted by Gasteiger charge is 2.50. The Morgan fingerprint density at radius 2 is 2.00 bits per heavy atom. The van der Waals surface area contributed by atoms with Crippen molar-refractivity contribution < 1.29 is 22.7 Å². The van der Waals surface area contributed by atoms with Crippen LogP contribution in [0.5, 0.6) is 5.75 Å². The highest BCUT2D eigenvalue weighted by Crippen LogP contribution is 2.52. The first-order valence-electron chi connectivity index (χ1n) is 4.87. The molecule has 0 spiro atoms. The number of methoxy groups -OCH3 is 1. The molecule has 0 aliphatic heterocycles. The van der Waals surface area contributed by atoms with E-state index in [0.29, 0.717) is 6.07 Å². The third-order valence-electron chi connectivity index (χ3n) is 2.79. The Balaban J connectivity index is 2.68. The highest BCUT2D eigenvalue weighted by atomic mass is 19.2. The second-order valence-electron chi connectivity index (χ2n) is 3.80. The summed E-state index contributed by atoms with van der Waals surface area (Å²) in [6.45, 7) is 0. The van der Waals surface area contributed by atoms with Crippen molar-refractivity contribution in [3.8, 4) is 5.75 Å². The summed E-state index contributed by atoms with van der Waals surface area (Å²) < 4.78 is 45.3. The van der Waals surface area contributed by atoms with Gasteiger partial charge in [0.2, 0.25) is 6.08 Å². The van der Waals surface area contributed by atoms with E-state index in [0.717, 1.165) is 7.11 Å². The van der Waals surface area contributed by atoms with E-state index in [4.69, 9.17) is 0 Å². The number of aliphatic imine (C=N–C) groups is 1. The maximum atomic E-state index is 13.9. The van der Waals surface area contributed by atoms with Gasteiger partial charge in [-0.3, -0.25) is 0 Å². The first-order valence-corrected chi connectivity index (χ1v) is 4.87. The Hall–Kier alpha value is -1.81. The van der Waals surface area contributed by atoms with Crippen LogP contribution in [0.4, 0.5) is 13.2 Å². The maximum absolute atomic E-state index is 13.9. The van der Waals surface area contributed by atoms with Gasteiger partial charge < -0.3 is 4.74 Å². The molecule has 1 aliphatic carbocycles. The van der Waals surface area contributed by atoms with Crippen molar-refractivity contribution in [1.82, 2.24) is 0 Å². The zero-order valence-electron chi connectivity index (χ0n) is 8.89. The van der Waals surface area contributed by atoms with Gasteiger partial charge in [0, 0.05) is 6.07 Å². The summed E-state index contributed by atoms with van der Waals surface area (Å²) in [5.41, 5.74) is -1.87. The smallest absolute Gasteiger partial charge is 0.235 e. The molecule has 0 heterocycles. The van der Waals surface area contributed by atoms with Crippen LogP contribution in [0.15, 0.2) is 11.1 Å². The van der Waals surface area contributed by atoms with E-state index in [2.05, 4.69) is 9.73 Å². The SMILES string of the molecule is COc1cc(F)c(F)c(C2(N=C=O)CC2)c1F. The molecular weight excluding hydrogens is 235 g/mol. The molecule has 2 rings (SSSR count). The Morgan fingerprint density at radius 3 is 2.47 bits per heavy atom. The van der Waals surface area contributed by atoms with Crippen molar-refractivity contribution in [1.29, 1.82) is 0 Å². The second kappa shape index (κ2) is 3.89. The molecule has 0 amide bonds. The molecule has 1 saturated carbocycles. The molecule has 0 saturated heterocycles. The Labute approximate surface area is 94.9 Å². The standard InChI is InChI=1S/C11H8F3NO2/c1-17-7-4-6(12)9(13)8(10(7)14)11(2-3-11)15-5-16/h4H,2-3H2,1H3. The third-order valence-corrected chi connectivity index (χ3v) is 2.79. The van der Waals surface area contributed by atoms with Crippen LogP contribution >= 0.6 is 0 Å². The van der Waals surface area contributed by atoms with E-state index in [1.54, 1.807) is 0 Å². The molecule has 0 bridgehead atoms. The summed E-state index contributed by atoms with van der Waals surface area (Å²) in [5.74, 6) is -4.00. The van der Waals surface area contributed by atoms with Crippen LogP contribution in [0.1, 0.15) is 18.4 Å². The molecule has 17 heavy (non-hydrogen) atoms. The molecule has 3 nitrogen and oxygen atoms in total. The van der Waals surface area contributed by atoms with Gasteiger partial charge in [-0.2, -0.15) is 4.99 Å². The summed E-state index contributed by atoms with van der Waals surface area (Å²) in [6, 6.07) is 0.620. The van der Waals surface area contributed by atoms with Crippen LogP contribution in [-0.4, -0.2) is 13.2 Å². The van der Waals surface area contributed by atoms with E-state index in [1.807, 2.05) is 0 Å². The maximum Gasteiger partial charge on any atom is 0.235 e. The summed E-state index contributed by atoms with van der Waals surface area (Å²) in [5, 5.41) is 0. The molecule has 1 aromatic carbocycles. The number of hydrogen-bond acceptors (Lipinski definition) is 3. The molecule has 1 aromatic rings. The van der Waals surface area contributed by atoms with Gasteiger partial charge in [0.25, 0.3) is 0 Å². The van der Waals surface area contributed by atoms with Gasteiger partial charge in [-0.25, -0.2) is 18.0 Å². The average Bonchev–Trinajstić information content (AvgIpc) is 3.05. The van der Waals surface area contributed by atoms with E-state index < -0.39 is 34.3 Å². The second-order valence-corrected chi connectivity index (χ2v) is 3.80. The zero-order chi connectivity index (χ0) is 12.6. The number of carbonyl (C=O) groups excluding carboxylic acids is 1. The van der Waals surface area contributed by atoms with Crippen molar-refractivity contribution in [2.45, 2.75) is 18.4 Å². The molecule has 1 fully saturated rings. The summed E-state index contributed by atoms with van der Waals surface area (Å²) in [6.07, 6.45) is 1.82. The van der Waals surface area contributed by atoms with E-state index >= 15 is 0 Å². The Bertz CT molecular complexity index is 520. The van der Waals surface area contributed by atoms with Crippen molar-refractivity contribution in [2.24, 2.45) is 4.99 Å². The zero-order valence-corrected chi connectivity index (χ0v) is 8.89. The minimum absolute atomic E-state index is 0.280. The minimum Gasteiger partial charge on any atom is -0.494 e. The van der Waals surface area contributed by atoms with E-state index in [-0.39, 0.29) is 12.8 Å². The van der Waals surface area contributed by atoms with Crippen molar-refractivity contribution in [3.05, 3.63) is 29.1 Å². The van der Waals surface area contributed by atoms with Gasteiger partial charge in [-0.1, -0.05) is 0 Å². The number of rotatable bonds is 3. The largest absolute Gasteiger partial charge is 0.494 e. The Morgan fingerprint density at radius 1 is 1.35 bits per heavy atom. The third kappa shape index (κ3) is 1.70. The molecule has 90 valence electrons. The van der Waals surface area contributed by atoms with Gasteiger partial charge in [-0.15, -0.1) is 0 Å². The van der Waals surface area contributed by atoms with Gasteiger partial charge in [0.15, 0.2) is 23.2 Å². The lowest BCUT2D eigenvalue weighted by atomic mass is 10.0. The van der Waals surface area contributed by atoms with Gasteiger partial charge in [0.05, 0.1) is 12.7 Å². The molecule has 0 N–H and O–H groups in total. The molecular formula is C11H8F3NO2. The number of benzene rings is 1. The average molecular weight is 243 g/mol. The fraction of sp³-hybridized carbons (Fsp3) is 0.364. The fourth-order valence-corrected chi connectivity index (χ4v) is 1.76. The molecule has 0 atom stereocenters. The van der Waals surface area contributed by atoms with Crippen LogP contribution in [-0.2, 0) is 10.3 Å². The van der Waals surface area contributed by atoms with Crippen molar-refractivity contribution in [3.63, 3.8) is 0 Å². The molecule has 0 radical (unpaired) electrons. The molecule has 0 aromatic heterocycles. The van der Waals surface area contributed by atoms with Crippen molar-refractivity contribution >= 4 is 6.08 Å². The van der Waals surface area contributed by atoms with Crippen LogP contribution < -0.4 is 4.74 Å². The summed E-state index contributed by atoms with van der Waals surface area (Å²) in [7, 11) is 1.14. The number of halogens is 3. The van der Waals surface area contributed by atoms with E-state index in [1.165, 1.54) is 6.08 Å². The fourth-order valence-electron chi connectivity index (χ4n) is 1.76. The topological polar surface area (TPSA) is 38.7 Å². The number of hydrogen-bond donors (Lipinski definition) is 0. The lowest BCUT2D eigenvalue weighted by Crippen LogP contribution is -2.12. The Kier molecular flexibility index (Phi) is 2.67. The monoisotopic (exact) mass is 243 g/mol. The van der Waals surface area contributed by atoms with Gasteiger partial charge in [-0.05, 0) is 12.8 Å². The summed E-state index contributed by atoms with van der Waals surface area (Å²) >= 11 is 0. The predicted octanol–water partition coefficient (Wildman–Crippen LogP) is 2.44. The van der Waals surface area contributed by atoms with Crippen LogP contribution in [0.25, 0.3) is 0 Å². The number of ether oxygens (including phenoxy) is 1. The number of isocyanates is 1. The first-order chi connectivity index (χ1) is 8.05. The van der Waals surface area contributed by atoms with E-state index in [9.17, 15) is 18.0 Å².